The van der Waals surface area contributed by atoms with Crippen LogP contribution in [0.5, 0.6) is 5.75 Å². The number of hydrogen-bond donors (Lipinski definition) is 2. The van der Waals surface area contributed by atoms with Gasteiger partial charge < -0.3 is 10.8 Å². The number of para-hydroxylation sites is 1. The highest BCUT2D eigenvalue weighted by atomic mass is 35.5. The van der Waals surface area contributed by atoms with E-state index in [4.69, 9.17) is 28.9 Å². The summed E-state index contributed by atoms with van der Waals surface area (Å²) in [4.78, 5) is 60.9. The predicted molar refractivity (Wildman–Crippen MR) is 141 cm³/mol. The second-order valence-corrected chi connectivity index (χ2v) is 12.3. The highest BCUT2D eigenvalue weighted by molar-refractivity contribution is 6.58. The van der Waals surface area contributed by atoms with Gasteiger partial charge in [0.25, 0.3) is 11.8 Å². The molecule has 2 heterocycles. The van der Waals surface area contributed by atoms with Crippen molar-refractivity contribution in [2.75, 3.05) is 4.90 Å². The Balaban J connectivity index is 1.62. The van der Waals surface area contributed by atoms with Crippen molar-refractivity contribution in [1.82, 2.24) is 4.90 Å². The minimum Gasteiger partial charge on any atom is -0.507 e. The number of phenolic OH excluding ortho intramolecular Hbond substituents is 1. The Morgan fingerprint density at radius 3 is 2.11 bits per heavy atom. The first kappa shape index (κ1) is 30.0. The average molecular weight is 658 g/mol. The minimum absolute atomic E-state index is 0.117. The zero-order chi connectivity index (χ0) is 32.4. The van der Waals surface area contributed by atoms with Crippen LogP contribution >= 0.6 is 23.2 Å². The number of imide groups is 4. The predicted octanol–water partition coefficient (Wildman–Crippen LogP) is 4.04. The van der Waals surface area contributed by atoms with Crippen LogP contribution in [0.2, 0.25) is 0 Å². The molecule has 0 bridgehead atoms. The number of nitrogens with two attached hydrogens (primary N) is 1. The Kier molecular flexibility index (Phi) is 6.46. The summed E-state index contributed by atoms with van der Waals surface area (Å²) in [5.74, 6) is -23.6. The lowest BCUT2D eigenvalue weighted by Crippen LogP contribution is -2.60. The second-order valence-electron chi connectivity index (χ2n) is 11.1. The molecule has 1 saturated carbocycles. The Bertz CT molecular complexity index is 1780. The molecule has 6 amide bonds. The van der Waals surface area contributed by atoms with Gasteiger partial charge in [0.15, 0.2) is 33.0 Å². The van der Waals surface area contributed by atoms with Crippen LogP contribution in [-0.2, 0) is 19.2 Å². The maximum Gasteiger partial charge on any atom is 0.328 e. The number of alkyl halides is 2. The molecule has 2 aliphatic heterocycles. The van der Waals surface area contributed by atoms with E-state index in [-0.39, 0.29) is 32.9 Å². The van der Waals surface area contributed by atoms with Crippen molar-refractivity contribution < 1.29 is 51.0 Å². The van der Waals surface area contributed by atoms with Gasteiger partial charge in [-0.3, -0.25) is 19.2 Å². The molecular formula is C28H18Cl2F5N3O6. The molecule has 0 spiro atoms. The largest absolute Gasteiger partial charge is 0.507 e. The molecule has 2 aromatic carbocycles. The zero-order valence-electron chi connectivity index (χ0n) is 22.1. The van der Waals surface area contributed by atoms with Gasteiger partial charge in [0.05, 0.1) is 11.8 Å². The van der Waals surface area contributed by atoms with E-state index in [0.29, 0.717) is 0 Å². The summed E-state index contributed by atoms with van der Waals surface area (Å²) in [6, 6.07) is 2.86. The van der Waals surface area contributed by atoms with E-state index in [9.17, 15) is 42.3 Å². The van der Waals surface area contributed by atoms with Crippen molar-refractivity contribution in [3.05, 3.63) is 70.1 Å². The van der Waals surface area contributed by atoms with Gasteiger partial charge in [0, 0.05) is 11.5 Å². The van der Waals surface area contributed by atoms with E-state index in [1.165, 1.54) is 31.2 Å². The minimum atomic E-state index is -2.78. The SMILES string of the molecule is Cc1cccc([C@H]2C3=CC[C@@H]4C(=O)N(C(N)=O)C(=O)[C@@H]4[C@@H]3C[C@@]3(Cl)C(=O)N(c4c(F)c(F)c(F)c(F)c4F)C(=O)[C@@]23Cl)c1O. The normalized spacial score (nSPS) is 31.2. The lowest BCUT2D eigenvalue weighted by atomic mass is 9.56. The van der Waals surface area contributed by atoms with Crippen LogP contribution in [0, 0.1) is 53.8 Å². The van der Waals surface area contributed by atoms with Crippen molar-refractivity contribution in [1.29, 1.82) is 0 Å². The average Bonchev–Trinajstić information content (AvgIpc) is 3.31. The number of urea groups is 1. The zero-order valence-corrected chi connectivity index (χ0v) is 23.7. The number of hydrogen-bond acceptors (Lipinski definition) is 6. The summed E-state index contributed by atoms with van der Waals surface area (Å²) >= 11 is 13.9. The van der Waals surface area contributed by atoms with Gasteiger partial charge in [0.1, 0.15) is 11.4 Å². The maximum absolute atomic E-state index is 15.0. The number of carbonyl (C=O) groups excluding carboxylic acids is 5. The third-order valence-corrected chi connectivity index (χ3v) is 10.4. The molecule has 0 radical (unpaired) electrons. The van der Waals surface area contributed by atoms with Crippen LogP contribution in [0.4, 0.5) is 32.4 Å². The number of fused-ring (bicyclic) bond motifs is 4. The summed E-state index contributed by atoms with van der Waals surface area (Å²) in [5.41, 5.74) is 3.59. The van der Waals surface area contributed by atoms with Crippen LogP contribution in [0.25, 0.3) is 0 Å². The van der Waals surface area contributed by atoms with Crippen LogP contribution in [0.1, 0.15) is 29.9 Å². The number of nitrogens with zero attached hydrogens (tertiary/aromatic N) is 2. The molecular weight excluding hydrogens is 640 g/mol. The standard InChI is InChI=1S/C28H18Cl2F5N3O6/c1-8-3-2-4-11(21(8)39)14-9-5-6-10-13(23(41)38(22(10)40)26(36)44)12(9)7-27(29)24(42)37(25(43)28(14,27)30)20-18(34)16(32)15(31)17(33)19(20)35/h2-5,10,12-14,39H,6-7H2,1H3,(H2,36,44)/t10-,12+,13-,14+,27+,28-/m0/s1. The molecule has 44 heavy (non-hydrogen) atoms. The molecule has 2 saturated heterocycles. The van der Waals surface area contributed by atoms with Crippen molar-refractivity contribution >= 4 is 58.5 Å². The van der Waals surface area contributed by atoms with Gasteiger partial charge in [-0.2, -0.15) is 4.90 Å². The number of allylic oxidation sites excluding steroid dienone is 2. The number of aryl methyl sites for hydroxylation is 1. The van der Waals surface area contributed by atoms with E-state index in [1.54, 1.807) is 0 Å². The van der Waals surface area contributed by atoms with E-state index < -0.39 is 110 Å². The van der Waals surface area contributed by atoms with Crippen LogP contribution in [0.3, 0.4) is 0 Å². The summed E-state index contributed by atoms with van der Waals surface area (Å²) in [7, 11) is 0. The van der Waals surface area contributed by atoms with Crippen molar-refractivity contribution in [3.8, 4) is 5.75 Å². The third kappa shape index (κ3) is 3.43. The maximum atomic E-state index is 15.0. The number of amides is 6. The number of aromatic hydroxyl groups is 1. The molecule has 9 nitrogen and oxygen atoms in total. The first-order valence-corrected chi connectivity index (χ1v) is 13.7. The molecule has 6 atom stereocenters. The van der Waals surface area contributed by atoms with Crippen molar-refractivity contribution in [2.45, 2.75) is 35.4 Å². The van der Waals surface area contributed by atoms with Crippen LogP contribution in [-0.4, -0.2) is 49.4 Å². The summed E-state index contributed by atoms with van der Waals surface area (Å²) < 4.78 is 72.4. The lowest BCUT2D eigenvalue weighted by Gasteiger charge is -2.50. The molecule has 3 N–H and O–H groups in total. The van der Waals surface area contributed by atoms with Gasteiger partial charge >= 0.3 is 6.03 Å². The smallest absolute Gasteiger partial charge is 0.328 e. The number of phenols is 1. The topological polar surface area (TPSA) is 138 Å². The Morgan fingerprint density at radius 1 is 0.932 bits per heavy atom. The van der Waals surface area contributed by atoms with Gasteiger partial charge in [-0.15, -0.1) is 23.2 Å². The van der Waals surface area contributed by atoms with Crippen molar-refractivity contribution in [3.63, 3.8) is 0 Å². The molecule has 230 valence electrons. The Morgan fingerprint density at radius 2 is 1.52 bits per heavy atom. The molecule has 2 aromatic rings. The molecule has 3 fully saturated rings. The number of likely N-dealkylation sites (tertiary alicyclic amines) is 1. The third-order valence-electron chi connectivity index (χ3n) is 9.02. The van der Waals surface area contributed by atoms with Gasteiger partial charge in [-0.1, -0.05) is 29.8 Å². The van der Waals surface area contributed by atoms with E-state index in [1.807, 2.05) is 0 Å². The first-order chi connectivity index (χ1) is 20.5. The fourth-order valence-electron chi connectivity index (χ4n) is 7.04. The lowest BCUT2D eigenvalue weighted by molar-refractivity contribution is -0.136. The number of halogens is 7. The number of benzene rings is 2. The number of primary amides is 1. The first-order valence-electron chi connectivity index (χ1n) is 13.0. The highest BCUT2D eigenvalue weighted by Crippen LogP contribution is 2.66. The molecule has 4 aliphatic rings. The molecule has 6 rings (SSSR count). The number of anilines is 1. The molecule has 0 unspecified atom stereocenters. The molecule has 2 aliphatic carbocycles. The van der Waals surface area contributed by atoms with Gasteiger partial charge in [0.2, 0.25) is 17.6 Å². The molecule has 16 heteroatoms. The summed E-state index contributed by atoms with van der Waals surface area (Å²) in [6.07, 6.45) is 0.489. The number of carbonyl (C=O) groups is 5. The van der Waals surface area contributed by atoms with Gasteiger partial charge in [-0.25, -0.2) is 31.6 Å². The van der Waals surface area contributed by atoms with Crippen LogP contribution < -0.4 is 10.6 Å². The van der Waals surface area contributed by atoms with E-state index in [2.05, 4.69) is 0 Å². The fraction of sp³-hybridized carbons (Fsp3) is 0.321. The van der Waals surface area contributed by atoms with E-state index in [0.717, 1.165) is 0 Å². The highest BCUT2D eigenvalue weighted by Gasteiger charge is 2.77. The Labute approximate surface area is 254 Å². The summed E-state index contributed by atoms with van der Waals surface area (Å²) in [6.45, 7) is 1.48. The van der Waals surface area contributed by atoms with Gasteiger partial charge in [-0.05, 0) is 31.2 Å². The monoisotopic (exact) mass is 657 g/mol. The second kappa shape index (κ2) is 9.48. The Hall–Kier alpha value is -4.04. The number of rotatable bonds is 2. The quantitative estimate of drug-likeness (QED) is 0.125. The van der Waals surface area contributed by atoms with E-state index >= 15 is 8.78 Å². The van der Waals surface area contributed by atoms with Crippen LogP contribution in [0.15, 0.2) is 29.8 Å². The van der Waals surface area contributed by atoms with Crippen molar-refractivity contribution in [2.24, 2.45) is 23.5 Å². The summed E-state index contributed by atoms with van der Waals surface area (Å²) in [5, 5.41) is 11.1. The fourth-order valence-corrected chi connectivity index (χ4v) is 7.97. The molecule has 0 aromatic heterocycles.